The Morgan fingerprint density at radius 3 is 2.44 bits per heavy atom. The van der Waals surface area contributed by atoms with Gasteiger partial charge in [0.2, 0.25) is 5.91 Å². The van der Waals surface area contributed by atoms with E-state index in [1.54, 1.807) is 19.3 Å². The van der Waals surface area contributed by atoms with E-state index < -0.39 is 11.6 Å². The Kier molecular flexibility index (Phi) is 6.96. The normalized spacial score (nSPS) is 24.5. The third-order valence-corrected chi connectivity index (χ3v) is 5.66. The van der Waals surface area contributed by atoms with E-state index in [9.17, 15) is 13.6 Å². The van der Waals surface area contributed by atoms with Gasteiger partial charge in [-0.3, -0.25) is 9.69 Å². The third kappa shape index (κ3) is 5.36. The van der Waals surface area contributed by atoms with E-state index in [2.05, 4.69) is 4.90 Å². The number of hydrogen-bond acceptors (Lipinski definition) is 3. The highest BCUT2D eigenvalue weighted by Gasteiger charge is 2.30. The third-order valence-electron chi connectivity index (χ3n) is 5.66. The second-order valence-corrected chi connectivity index (χ2v) is 7.41. The largest absolute Gasteiger partial charge is 0.381 e. The van der Waals surface area contributed by atoms with Crippen LogP contribution in [-0.2, 0) is 9.53 Å². The summed E-state index contributed by atoms with van der Waals surface area (Å²) < 4.78 is 31.5. The molecule has 0 bridgehead atoms. The van der Waals surface area contributed by atoms with Gasteiger partial charge in [0, 0.05) is 45.8 Å². The molecule has 2 aliphatic rings. The van der Waals surface area contributed by atoms with Crippen LogP contribution in [0.5, 0.6) is 0 Å². The topological polar surface area (TPSA) is 32.8 Å². The average molecular weight is 378 g/mol. The molecule has 6 heteroatoms. The van der Waals surface area contributed by atoms with Crippen LogP contribution in [0.1, 0.15) is 31.2 Å². The molecule has 1 saturated heterocycles. The lowest BCUT2D eigenvalue weighted by Gasteiger charge is -2.37. The van der Waals surface area contributed by atoms with Crippen LogP contribution in [0.2, 0.25) is 0 Å². The first kappa shape index (κ1) is 20.0. The zero-order valence-corrected chi connectivity index (χ0v) is 15.9. The molecule has 1 amide bonds. The van der Waals surface area contributed by atoms with Crippen molar-refractivity contribution in [1.82, 2.24) is 9.80 Å². The summed E-state index contributed by atoms with van der Waals surface area (Å²) in [5, 5.41) is 0. The van der Waals surface area contributed by atoms with E-state index in [0.29, 0.717) is 17.6 Å². The number of ether oxygens (including phenoxy) is 1. The van der Waals surface area contributed by atoms with E-state index in [0.717, 1.165) is 64.5 Å². The Labute approximate surface area is 159 Å². The number of carbonyl (C=O) groups is 1. The van der Waals surface area contributed by atoms with Gasteiger partial charge in [0.25, 0.3) is 0 Å². The summed E-state index contributed by atoms with van der Waals surface area (Å²) in [6.45, 7) is 3.91. The molecule has 2 fully saturated rings. The number of amides is 1. The number of nitrogens with zero attached hydrogens (tertiary/aromatic N) is 2. The molecule has 0 N–H and O–H groups in total. The second-order valence-electron chi connectivity index (χ2n) is 7.41. The minimum absolute atomic E-state index is 0.149. The average Bonchev–Trinajstić information content (AvgIpc) is 2.71. The lowest BCUT2D eigenvalue weighted by atomic mass is 9.86. The second kappa shape index (κ2) is 9.42. The van der Waals surface area contributed by atoms with Gasteiger partial charge >= 0.3 is 0 Å². The zero-order chi connectivity index (χ0) is 19.2. The van der Waals surface area contributed by atoms with Gasteiger partial charge in [0.15, 0.2) is 11.6 Å². The summed E-state index contributed by atoms with van der Waals surface area (Å²) in [6.07, 6.45) is 7.86. The summed E-state index contributed by atoms with van der Waals surface area (Å²) in [5.74, 6) is -1.22. The first-order valence-corrected chi connectivity index (χ1v) is 9.72. The van der Waals surface area contributed by atoms with Crippen molar-refractivity contribution in [3.8, 4) is 0 Å². The van der Waals surface area contributed by atoms with Crippen molar-refractivity contribution in [3.05, 3.63) is 41.5 Å². The molecule has 1 aliphatic carbocycles. The number of rotatable bonds is 5. The van der Waals surface area contributed by atoms with Crippen LogP contribution >= 0.6 is 0 Å². The van der Waals surface area contributed by atoms with Crippen molar-refractivity contribution in [2.24, 2.45) is 5.92 Å². The lowest BCUT2D eigenvalue weighted by molar-refractivity contribution is -0.139. The number of piperazine rings is 1. The predicted molar refractivity (Wildman–Crippen MR) is 101 cm³/mol. The Hall–Kier alpha value is -1.79. The fourth-order valence-electron chi connectivity index (χ4n) is 3.91. The molecule has 1 saturated carbocycles. The van der Waals surface area contributed by atoms with E-state index in [-0.39, 0.29) is 5.92 Å². The van der Waals surface area contributed by atoms with Crippen molar-refractivity contribution < 1.29 is 18.3 Å². The van der Waals surface area contributed by atoms with Crippen molar-refractivity contribution in [2.45, 2.75) is 31.8 Å². The minimum atomic E-state index is -0.830. The summed E-state index contributed by atoms with van der Waals surface area (Å²) in [5.41, 5.74) is 0.648. The standard InChI is InChI=1S/C21H28F2N2O2/c1-27-18-7-5-17(6-8-18)21(26)25-13-11-24(12-14-25)10-2-3-16-4-9-19(22)20(23)15-16/h2-4,9,15,17-18H,5-8,10-14H2,1H3/b3-2+. The number of benzene rings is 1. The molecule has 0 spiro atoms. The van der Waals surface area contributed by atoms with E-state index in [1.807, 2.05) is 11.0 Å². The summed E-state index contributed by atoms with van der Waals surface area (Å²) in [7, 11) is 1.74. The van der Waals surface area contributed by atoms with Gasteiger partial charge < -0.3 is 9.64 Å². The molecule has 1 heterocycles. The van der Waals surface area contributed by atoms with Crippen molar-refractivity contribution in [2.75, 3.05) is 39.8 Å². The van der Waals surface area contributed by atoms with Crippen LogP contribution in [0.25, 0.3) is 6.08 Å². The molecule has 148 valence electrons. The molecule has 0 unspecified atom stereocenters. The van der Waals surface area contributed by atoms with Crippen LogP contribution in [0.15, 0.2) is 24.3 Å². The Morgan fingerprint density at radius 2 is 1.81 bits per heavy atom. The highest BCUT2D eigenvalue weighted by molar-refractivity contribution is 5.79. The van der Waals surface area contributed by atoms with Crippen LogP contribution < -0.4 is 0 Å². The Morgan fingerprint density at radius 1 is 1.11 bits per heavy atom. The highest BCUT2D eigenvalue weighted by Crippen LogP contribution is 2.27. The van der Waals surface area contributed by atoms with Crippen molar-refractivity contribution in [1.29, 1.82) is 0 Å². The summed E-state index contributed by atoms with van der Waals surface area (Å²) in [6, 6.07) is 3.89. The van der Waals surface area contributed by atoms with Crippen LogP contribution in [0.3, 0.4) is 0 Å². The summed E-state index contributed by atoms with van der Waals surface area (Å²) >= 11 is 0. The van der Waals surface area contributed by atoms with E-state index >= 15 is 0 Å². The van der Waals surface area contributed by atoms with Gasteiger partial charge in [-0.2, -0.15) is 0 Å². The van der Waals surface area contributed by atoms with Crippen LogP contribution in [0.4, 0.5) is 8.78 Å². The molecule has 27 heavy (non-hydrogen) atoms. The smallest absolute Gasteiger partial charge is 0.225 e. The minimum Gasteiger partial charge on any atom is -0.381 e. The predicted octanol–water partition coefficient (Wildman–Crippen LogP) is 3.33. The number of hydrogen-bond donors (Lipinski definition) is 0. The molecule has 0 atom stereocenters. The van der Waals surface area contributed by atoms with Gasteiger partial charge in [-0.15, -0.1) is 0 Å². The molecule has 0 radical (unpaired) electrons. The zero-order valence-electron chi connectivity index (χ0n) is 15.9. The molecular formula is C21H28F2N2O2. The first-order chi connectivity index (χ1) is 13.1. The maximum absolute atomic E-state index is 13.2. The molecule has 1 aliphatic heterocycles. The first-order valence-electron chi connectivity index (χ1n) is 9.72. The molecule has 0 aromatic heterocycles. The lowest BCUT2D eigenvalue weighted by Crippen LogP contribution is -2.50. The van der Waals surface area contributed by atoms with Crippen LogP contribution in [0, 0.1) is 17.6 Å². The quantitative estimate of drug-likeness (QED) is 0.788. The van der Waals surface area contributed by atoms with E-state index in [1.165, 1.54) is 6.07 Å². The molecule has 1 aromatic rings. The van der Waals surface area contributed by atoms with Gasteiger partial charge in [-0.05, 0) is 43.4 Å². The maximum Gasteiger partial charge on any atom is 0.225 e. The monoisotopic (exact) mass is 378 g/mol. The number of halogens is 2. The maximum atomic E-state index is 13.2. The highest BCUT2D eigenvalue weighted by atomic mass is 19.2. The van der Waals surface area contributed by atoms with Crippen molar-refractivity contribution >= 4 is 12.0 Å². The number of carbonyl (C=O) groups excluding carboxylic acids is 1. The fourth-order valence-corrected chi connectivity index (χ4v) is 3.91. The Bertz CT molecular complexity index is 664. The van der Waals surface area contributed by atoms with E-state index in [4.69, 9.17) is 4.74 Å². The van der Waals surface area contributed by atoms with Crippen molar-refractivity contribution in [3.63, 3.8) is 0 Å². The van der Waals surface area contributed by atoms with Gasteiger partial charge in [0.05, 0.1) is 6.10 Å². The molecular weight excluding hydrogens is 350 g/mol. The molecule has 1 aromatic carbocycles. The van der Waals surface area contributed by atoms with Gasteiger partial charge in [0.1, 0.15) is 0 Å². The molecule has 4 nitrogen and oxygen atoms in total. The van der Waals surface area contributed by atoms with Crippen LogP contribution in [-0.4, -0.2) is 61.6 Å². The number of methoxy groups -OCH3 is 1. The fraction of sp³-hybridized carbons (Fsp3) is 0.571. The summed E-state index contributed by atoms with van der Waals surface area (Å²) in [4.78, 5) is 17.0. The Balaban J connectivity index is 1.41. The SMILES string of the molecule is COC1CCC(C(=O)N2CCN(C/C=C/c3ccc(F)c(F)c3)CC2)CC1. The van der Waals surface area contributed by atoms with Gasteiger partial charge in [-0.1, -0.05) is 18.2 Å². The molecule has 3 rings (SSSR count). The van der Waals surface area contributed by atoms with Gasteiger partial charge in [-0.25, -0.2) is 8.78 Å².